The summed E-state index contributed by atoms with van der Waals surface area (Å²) >= 11 is 0. The maximum Gasteiger partial charge on any atom is 0.433 e. The van der Waals surface area contributed by atoms with Gasteiger partial charge in [-0.3, -0.25) is 9.59 Å². The highest BCUT2D eigenvalue weighted by atomic mass is 16.4. The Morgan fingerprint density at radius 3 is 2.23 bits per heavy atom. The van der Waals surface area contributed by atoms with Gasteiger partial charge in [0, 0.05) is 24.6 Å². The number of benzene rings is 3. The Morgan fingerprint density at radius 2 is 1.59 bits per heavy atom. The van der Waals surface area contributed by atoms with Crippen LogP contribution in [0.2, 0.25) is 0 Å². The number of carboxylic acid groups (broad SMARTS) is 1. The quantitative estimate of drug-likeness (QED) is 0.248. The number of amidine groups is 1. The maximum atomic E-state index is 13.5. The molecule has 1 heterocycles. The fourth-order valence-corrected chi connectivity index (χ4v) is 4.87. The summed E-state index contributed by atoms with van der Waals surface area (Å²) in [5.41, 5.74) is 15.5. The lowest BCUT2D eigenvalue weighted by atomic mass is 9.96. The Morgan fingerprint density at radius 1 is 0.949 bits per heavy atom. The Labute approximate surface area is 227 Å². The Balaban J connectivity index is 1.43. The number of hydrogen-bond acceptors (Lipinski definition) is 4. The van der Waals surface area contributed by atoms with E-state index in [-0.39, 0.29) is 30.1 Å². The van der Waals surface area contributed by atoms with E-state index in [1.165, 1.54) is 0 Å². The fourth-order valence-electron chi connectivity index (χ4n) is 4.87. The van der Waals surface area contributed by atoms with Gasteiger partial charge in [-0.25, -0.2) is 4.79 Å². The normalized spacial score (nSPS) is 18.0. The second kappa shape index (κ2) is 12.8. The van der Waals surface area contributed by atoms with Gasteiger partial charge in [0.15, 0.2) is 0 Å². The molecular formula is C30H33N5O4. The number of rotatable bonds is 9. The monoisotopic (exact) mass is 527 g/mol. The molecule has 1 aliphatic rings. The summed E-state index contributed by atoms with van der Waals surface area (Å²) in [7, 11) is 0. The van der Waals surface area contributed by atoms with E-state index < -0.39 is 18.2 Å². The van der Waals surface area contributed by atoms with Crippen molar-refractivity contribution in [2.45, 2.75) is 43.8 Å². The zero-order valence-corrected chi connectivity index (χ0v) is 21.6. The molecule has 0 aromatic heterocycles. The third kappa shape index (κ3) is 7.30. The minimum absolute atomic E-state index is 0.0306. The lowest BCUT2D eigenvalue weighted by molar-refractivity contribution is -0.139. The van der Waals surface area contributed by atoms with Crippen LogP contribution in [0.15, 0.2) is 89.9 Å². The summed E-state index contributed by atoms with van der Waals surface area (Å²) < 4.78 is 0. The largest absolute Gasteiger partial charge is 0.463 e. The standard InChI is InChI=1S/C30H33N5O4/c31-25(16-13-20-7-3-1-4-8-20)29(37)35-19-24(22-9-5-2-6-10-22)17-26(35)28(36)33-18-21-11-14-23(15-12-21)27(32)34-30(38)39/h1-12,14-15,24-26H,13,16-19,31H2,(H2,32,34)(H,33,36)(H,38,39)/t24-,25?,26-/m0/s1. The molecule has 202 valence electrons. The van der Waals surface area contributed by atoms with Gasteiger partial charge < -0.3 is 26.8 Å². The van der Waals surface area contributed by atoms with Gasteiger partial charge in [0.2, 0.25) is 11.8 Å². The van der Waals surface area contributed by atoms with Crippen molar-refractivity contribution in [3.8, 4) is 0 Å². The molecule has 6 N–H and O–H groups in total. The predicted molar refractivity (Wildman–Crippen MR) is 149 cm³/mol. The number of nitrogens with one attached hydrogen (secondary N) is 1. The van der Waals surface area contributed by atoms with E-state index in [2.05, 4.69) is 10.3 Å². The topological polar surface area (TPSA) is 151 Å². The summed E-state index contributed by atoms with van der Waals surface area (Å²) in [5, 5.41) is 11.7. The fraction of sp³-hybridized carbons (Fsp3) is 0.267. The number of carbonyl (C=O) groups is 3. The number of nitrogens with two attached hydrogens (primary N) is 2. The van der Waals surface area contributed by atoms with E-state index in [1.54, 1.807) is 29.2 Å². The highest BCUT2D eigenvalue weighted by Gasteiger charge is 2.41. The molecule has 9 nitrogen and oxygen atoms in total. The number of amides is 3. The molecule has 3 amide bonds. The number of nitrogens with zero attached hydrogens (tertiary/aromatic N) is 2. The molecule has 1 saturated heterocycles. The zero-order chi connectivity index (χ0) is 27.8. The van der Waals surface area contributed by atoms with E-state index in [0.717, 1.165) is 16.7 Å². The van der Waals surface area contributed by atoms with Crippen molar-refractivity contribution in [2.24, 2.45) is 16.5 Å². The summed E-state index contributed by atoms with van der Waals surface area (Å²) in [4.78, 5) is 42.5. The van der Waals surface area contributed by atoms with Crippen molar-refractivity contribution in [3.63, 3.8) is 0 Å². The molecule has 1 fully saturated rings. The summed E-state index contributed by atoms with van der Waals surface area (Å²) in [5.74, 6) is -0.535. The summed E-state index contributed by atoms with van der Waals surface area (Å²) in [6, 6.07) is 25.2. The lowest BCUT2D eigenvalue weighted by Gasteiger charge is -2.27. The Hall–Kier alpha value is -4.50. The maximum absolute atomic E-state index is 13.5. The van der Waals surface area contributed by atoms with Gasteiger partial charge in [-0.2, -0.15) is 4.99 Å². The third-order valence-corrected chi connectivity index (χ3v) is 6.99. The average molecular weight is 528 g/mol. The number of carbonyl (C=O) groups excluding carboxylic acids is 2. The molecular weight excluding hydrogens is 494 g/mol. The van der Waals surface area contributed by atoms with Gasteiger partial charge >= 0.3 is 6.09 Å². The summed E-state index contributed by atoms with van der Waals surface area (Å²) in [6.45, 7) is 0.667. The number of aliphatic imine (C=N–C) groups is 1. The molecule has 1 aliphatic heterocycles. The van der Waals surface area contributed by atoms with Crippen LogP contribution in [0, 0.1) is 0 Å². The minimum Gasteiger partial charge on any atom is -0.463 e. The molecule has 0 spiro atoms. The average Bonchev–Trinajstić information content (AvgIpc) is 3.41. The van der Waals surface area contributed by atoms with Crippen molar-refractivity contribution in [1.82, 2.24) is 10.2 Å². The molecule has 0 saturated carbocycles. The number of aryl methyl sites for hydroxylation is 1. The SMILES string of the molecule is NC(=NC(=O)O)c1ccc(CNC(=O)[C@@H]2C[C@H](c3ccccc3)CN2C(=O)C(N)CCc2ccccc2)cc1. The number of likely N-dealkylation sites (tertiary alicyclic amines) is 1. The van der Waals surface area contributed by atoms with E-state index in [0.29, 0.717) is 31.4 Å². The van der Waals surface area contributed by atoms with Crippen LogP contribution in [-0.4, -0.2) is 52.4 Å². The second-order valence-corrected chi connectivity index (χ2v) is 9.67. The van der Waals surface area contributed by atoms with Crippen LogP contribution < -0.4 is 16.8 Å². The van der Waals surface area contributed by atoms with E-state index in [1.807, 2.05) is 60.7 Å². The Kier molecular flexibility index (Phi) is 9.06. The van der Waals surface area contributed by atoms with Crippen molar-refractivity contribution in [3.05, 3.63) is 107 Å². The van der Waals surface area contributed by atoms with Crippen molar-refractivity contribution in [2.75, 3.05) is 6.54 Å². The van der Waals surface area contributed by atoms with Gasteiger partial charge in [0.25, 0.3) is 0 Å². The van der Waals surface area contributed by atoms with Gasteiger partial charge in [0.05, 0.1) is 6.04 Å². The molecule has 0 bridgehead atoms. The van der Waals surface area contributed by atoms with E-state index in [4.69, 9.17) is 16.6 Å². The highest BCUT2D eigenvalue weighted by molar-refractivity contribution is 6.02. The predicted octanol–water partition coefficient (Wildman–Crippen LogP) is 3.03. The third-order valence-electron chi connectivity index (χ3n) is 6.99. The first-order valence-corrected chi connectivity index (χ1v) is 12.9. The van der Waals surface area contributed by atoms with Gasteiger partial charge in [-0.1, -0.05) is 84.9 Å². The van der Waals surface area contributed by atoms with Crippen LogP contribution in [0.1, 0.15) is 41.0 Å². The molecule has 1 unspecified atom stereocenters. The van der Waals surface area contributed by atoms with Crippen molar-refractivity contribution < 1.29 is 19.5 Å². The molecule has 0 radical (unpaired) electrons. The van der Waals surface area contributed by atoms with E-state index in [9.17, 15) is 14.4 Å². The second-order valence-electron chi connectivity index (χ2n) is 9.67. The minimum atomic E-state index is -1.37. The van der Waals surface area contributed by atoms with Crippen LogP contribution in [0.25, 0.3) is 0 Å². The highest BCUT2D eigenvalue weighted by Crippen LogP contribution is 2.32. The molecule has 3 aromatic rings. The molecule has 9 heteroatoms. The van der Waals surface area contributed by atoms with Crippen molar-refractivity contribution >= 4 is 23.7 Å². The molecule has 3 atom stereocenters. The van der Waals surface area contributed by atoms with Gasteiger partial charge in [-0.15, -0.1) is 0 Å². The first-order valence-electron chi connectivity index (χ1n) is 12.9. The van der Waals surface area contributed by atoms with E-state index >= 15 is 0 Å². The first kappa shape index (κ1) is 27.5. The molecule has 4 rings (SSSR count). The summed E-state index contributed by atoms with van der Waals surface area (Å²) in [6.07, 6.45) is 0.310. The van der Waals surface area contributed by atoms with Crippen LogP contribution in [0.3, 0.4) is 0 Å². The lowest BCUT2D eigenvalue weighted by Crippen LogP contribution is -2.51. The van der Waals surface area contributed by atoms with Crippen LogP contribution in [0.5, 0.6) is 0 Å². The van der Waals surface area contributed by atoms with Crippen LogP contribution in [-0.2, 0) is 22.6 Å². The molecule has 3 aromatic carbocycles. The number of hydrogen-bond donors (Lipinski definition) is 4. The van der Waals surface area contributed by atoms with Gasteiger partial charge in [-0.05, 0) is 36.0 Å². The smallest absolute Gasteiger partial charge is 0.433 e. The zero-order valence-electron chi connectivity index (χ0n) is 21.6. The molecule has 39 heavy (non-hydrogen) atoms. The molecule has 0 aliphatic carbocycles. The Bertz CT molecular complexity index is 1310. The first-order chi connectivity index (χ1) is 18.8. The van der Waals surface area contributed by atoms with Crippen LogP contribution >= 0.6 is 0 Å². The van der Waals surface area contributed by atoms with Gasteiger partial charge in [0.1, 0.15) is 11.9 Å². The van der Waals surface area contributed by atoms with Crippen LogP contribution in [0.4, 0.5) is 4.79 Å². The van der Waals surface area contributed by atoms with Crippen molar-refractivity contribution in [1.29, 1.82) is 0 Å².